The third kappa shape index (κ3) is 2.82. The fraction of sp³-hybridized carbons (Fsp3) is 0.692. The van der Waals surface area contributed by atoms with E-state index in [1.165, 1.54) is 0 Å². The molecule has 1 aromatic heterocycles. The number of hydrogen-bond acceptors (Lipinski definition) is 4. The lowest BCUT2D eigenvalue weighted by molar-refractivity contribution is 0.0942. The zero-order valence-electron chi connectivity index (χ0n) is 12.1. The van der Waals surface area contributed by atoms with Crippen LogP contribution in [0.25, 0.3) is 0 Å². The van der Waals surface area contributed by atoms with Crippen molar-refractivity contribution in [3.05, 3.63) is 11.4 Å². The molecule has 2 saturated carbocycles. The van der Waals surface area contributed by atoms with E-state index in [0.717, 1.165) is 19.3 Å². The summed E-state index contributed by atoms with van der Waals surface area (Å²) in [4.78, 5) is 12.1. The first-order valence-corrected chi connectivity index (χ1v) is 8.64. The van der Waals surface area contributed by atoms with Crippen LogP contribution in [0.4, 0.5) is 0 Å². The van der Waals surface area contributed by atoms with Crippen LogP contribution in [0.15, 0.2) is 4.90 Å². The maximum absolute atomic E-state index is 12.2. The summed E-state index contributed by atoms with van der Waals surface area (Å²) in [5.74, 6) is 0.0702. The summed E-state index contributed by atoms with van der Waals surface area (Å²) in [6.07, 6.45) is 2.84. The maximum atomic E-state index is 12.2. The Hall–Kier alpha value is -1.41. The number of H-pyrrole nitrogens is 1. The molecular formula is C13H20N4O3S. The molecule has 1 amide bonds. The summed E-state index contributed by atoms with van der Waals surface area (Å²) < 4.78 is 23.5. The highest BCUT2D eigenvalue weighted by molar-refractivity contribution is 7.89. The molecule has 2 aliphatic carbocycles. The SMILES string of the molecule is CC1(C)CC1CNC(=O)c1n[nH]c(C2CC2)c1S(N)(=O)=O. The van der Waals surface area contributed by atoms with Crippen LogP contribution >= 0.6 is 0 Å². The van der Waals surface area contributed by atoms with E-state index >= 15 is 0 Å². The first-order valence-electron chi connectivity index (χ1n) is 7.09. The lowest BCUT2D eigenvalue weighted by atomic mass is 10.1. The largest absolute Gasteiger partial charge is 0.350 e. The van der Waals surface area contributed by atoms with Gasteiger partial charge in [-0.15, -0.1) is 0 Å². The van der Waals surface area contributed by atoms with Gasteiger partial charge in [0.05, 0.1) is 5.69 Å². The predicted molar refractivity (Wildman–Crippen MR) is 76.2 cm³/mol. The number of aromatic amines is 1. The summed E-state index contributed by atoms with van der Waals surface area (Å²) in [5.41, 5.74) is 0.605. The summed E-state index contributed by atoms with van der Waals surface area (Å²) in [7, 11) is -3.97. The van der Waals surface area contributed by atoms with Crippen LogP contribution in [0, 0.1) is 11.3 Å². The molecule has 8 heteroatoms. The normalized spacial score (nSPS) is 23.9. The number of carbonyl (C=O) groups excluding carboxylic acids is 1. The molecule has 2 fully saturated rings. The minimum Gasteiger partial charge on any atom is -0.350 e. The lowest BCUT2D eigenvalue weighted by Crippen LogP contribution is -2.29. The Bertz CT molecular complexity index is 688. The number of primary sulfonamides is 1. The second-order valence-corrected chi connectivity index (χ2v) is 8.23. The average Bonchev–Trinajstić information content (AvgIpc) is 3.24. The van der Waals surface area contributed by atoms with Crippen molar-refractivity contribution in [1.29, 1.82) is 0 Å². The molecule has 1 aromatic rings. The van der Waals surface area contributed by atoms with Crippen molar-refractivity contribution in [3.8, 4) is 0 Å². The van der Waals surface area contributed by atoms with Gasteiger partial charge in [-0.2, -0.15) is 5.10 Å². The molecule has 0 bridgehead atoms. The van der Waals surface area contributed by atoms with Gasteiger partial charge in [0.2, 0.25) is 10.0 Å². The van der Waals surface area contributed by atoms with E-state index in [9.17, 15) is 13.2 Å². The molecule has 116 valence electrons. The van der Waals surface area contributed by atoms with Crippen molar-refractivity contribution in [1.82, 2.24) is 15.5 Å². The van der Waals surface area contributed by atoms with E-state index in [2.05, 4.69) is 29.4 Å². The fourth-order valence-corrected chi connectivity index (χ4v) is 3.59. The quantitative estimate of drug-likeness (QED) is 0.742. The summed E-state index contributed by atoms with van der Waals surface area (Å²) in [6, 6.07) is 0. The molecule has 0 radical (unpaired) electrons. The fourth-order valence-electron chi connectivity index (χ4n) is 2.66. The van der Waals surface area contributed by atoms with E-state index < -0.39 is 15.9 Å². The van der Waals surface area contributed by atoms with Crippen molar-refractivity contribution in [2.24, 2.45) is 16.5 Å². The van der Waals surface area contributed by atoms with Gasteiger partial charge >= 0.3 is 0 Å². The van der Waals surface area contributed by atoms with Crippen LogP contribution in [0.5, 0.6) is 0 Å². The predicted octanol–water partition coefficient (Wildman–Crippen LogP) is 0.710. The standard InChI is InChI=1S/C13H20N4O3S/c1-13(2)5-8(13)6-15-12(18)10-11(21(14,19)20)9(16-17-10)7-3-4-7/h7-8H,3-6H2,1-2H3,(H,15,18)(H,16,17)(H2,14,19,20). The van der Waals surface area contributed by atoms with E-state index in [4.69, 9.17) is 5.14 Å². The highest BCUT2D eigenvalue weighted by atomic mass is 32.2. The number of nitrogens with one attached hydrogen (secondary N) is 2. The Morgan fingerprint density at radius 3 is 2.57 bits per heavy atom. The van der Waals surface area contributed by atoms with Gasteiger partial charge in [-0.1, -0.05) is 13.8 Å². The number of carbonyl (C=O) groups is 1. The van der Waals surface area contributed by atoms with Gasteiger partial charge in [-0.25, -0.2) is 13.6 Å². The Kier molecular flexibility index (Phi) is 3.14. The minimum atomic E-state index is -3.97. The van der Waals surface area contributed by atoms with Gasteiger partial charge in [-0.05, 0) is 30.6 Å². The maximum Gasteiger partial charge on any atom is 0.273 e. The summed E-state index contributed by atoms with van der Waals surface area (Å²) in [6.45, 7) is 4.81. The Balaban J connectivity index is 1.80. The number of aromatic nitrogens is 2. The number of nitrogens with zero attached hydrogens (tertiary/aromatic N) is 1. The van der Waals surface area contributed by atoms with Crippen molar-refractivity contribution < 1.29 is 13.2 Å². The summed E-state index contributed by atoms with van der Waals surface area (Å²) in [5, 5.41) is 14.6. The zero-order chi connectivity index (χ0) is 15.4. The molecule has 21 heavy (non-hydrogen) atoms. The Labute approximate surface area is 123 Å². The second-order valence-electron chi connectivity index (χ2n) is 6.73. The first kappa shape index (κ1) is 14.5. The molecular weight excluding hydrogens is 292 g/mol. The van der Waals surface area contributed by atoms with Crippen LogP contribution in [0.2, 0.25) is 0 Å². The van der Waals surface area contributed by atoms with Crippen LogP contribution < -0.4 is 10.5 Å². The molecule has 0 saturated heterocycles. The number of rotatable bonds is 5. The smallest absolute Gasteiger partial charge is 0.273 e. The number of sulfonamides is 1. The van der Waals surface area contributed by atoms with Crippen LogP contribution in [0.3, 0.4) is 0 Å². The Morgan fingerprint density at radius 1 is 1.48 bits per heavy atom. The van der Waals surface area contributed by atoms with Crippen molar-refractivity contribution in [2.75, 3.05) is 6.54 Å². The van der Waals surface area contributed by atoms with Gasteiger partial charge < -0.3 is 5.32 Å². The van der Waals surface area contributed by atoms with Crippen molar-refractivity contribution in [3.63, 3.8) is 0 Å². The van der Waals surface area contributed by atoms with Gasteiger partial charge in [0.1, 0.15) is 4.90 Å². The Morgan fingerprint density at radius 2 is 2.10 bits per heavy atom. The van der Waals surface area contributed by atoms with Crippen molar-refractivity contribution in [2.45, 2.75) is 43.9 Å². The van der Waals surface area contributed by atoms with E-state index in [1.54, 1.807) is 0 Å². The number of nitrogens with two attached hydrogens (primary N) is 1. The van der Waals surface area contributed by atoms with E-state index in [1.807, 2.05) is 0 Å². The van der Waals surface area contributed by atoms with Crippen molar-refractivity contribution >= 4 is 15.9 Å². The van der Waals surface area contributed by atoms with E-state index in [0.29, 0.717) is 18.2 Å². The zero-order valence-corrected chi connectivity index (χ0v) is 13.0. The van der Waals surface area contributed by atoms with Crippen LogP contribution in [0.1, 0.15) is 55.2 Å². The molecule has 7 nitrogen and oxygen atoms in total. The van der Waals surface area contributed by atoms with Crippen LogP contribution in [-0.4, -0.2) is 31.1 Å². The monoisotopic (exact) mass is 312 g/mol. The van der Waals surface area contributed by atoms with Gasteiger partial charge in [0.15, 0.2) is 5.69 Å². The summed E-state index contributed by atoms with van der Waals surface area (Å²) >= 11 is 0. The molecule has 1 atom stereocenters. The van der Waals surface area contributed by atoms with Gasteiger partial charge in [0.25, 0.3) is 5.91 Å². The molecule has 4 N–H and O–H groups in total. The molecule has 0 aliphatic heterocycles. The molecule has 0 spiro atoms. The highest BCUT2D eigenvalue weighted by Crippen LogP contribution is 2.51. The van der Waals surface area contributed by atoms with Gasteiger partial charge in [0, 0.05) is 12.5 Å². The third-order valence-electron chi connectivity index (χ3n) is 4.46. The third-order valence-corrected chi connectivity index (χ3v) is 5.44. The molecule has 2 aliphatic rings. The minimum absolute atomic E-state index is 0.113. The van der Waals surface area contributed by atoms with Gasteiger partial charge in [-0.3, -0.25) is 9.89 Å². The van der Waals surface area contributed by atoms with Crippen LogP contribution in [-0.2, 0) is 10.0 Å². The highest BCUT2D eigenvalue weighted by Gasteiger charge is 2.45. The average molecular weight is 312 g/mol. The van der Waals surface area contributed by atoms with E-state index in [-0.39, 0.29) is 21.9 Å². The molecule has 3 rings (SSSR count). The molecule has 1 heterocycles. The first-order chi connectivity index (χ1) is 9.70. The lowest BCUT2D eigenvalue weighted by Gasteiger charge is -2.06. The number of amides is 1. The molecule has 1 unspecified atom stereocenters. The number of hydrogen-bond donors (Lipinski definition) is 3. The topological polar surface area (TPSA) is 118 Å². The molecule has 0 aromatic carbocycles. The second kappa shape index (κ2) is 4.54.